The quantitative estimate of drug-likeness (QED) is 0.738. The molecule has 0 radical (unpaired) electrons. The molecule has 0 bridgehead atoms. The lowest BCUT2D eigenvalue weighted by Gasteiger charge is -1.95. The summed E-state index contributed by atoms with van der Waals surface area (Å²) in [5.41, 5.74) is 2.18. The first-order chi connectivity index (χ1) is 7.20. The van der Waals surface area contributed by atoms with Gasteiger partial charge in [0.2, 0.25) is 0 Å². The fraction of sp³-hybridized carbons (Fsp3) is 0.182. The summed E-state index contributed by atoms with van der Waals surface area (Å²) in [6.07, 6.45) is 0. The Morgan fingerprint density at radius 2 is 2.00 bits per heavy atom. The van der Waals surface area contributed by atoms with E-state index in [-0.39, 0.29) is 0 Å². The first kappa shape index (κ1) is 11.1. The fourth-order valence-electron chi connectivity index (χ4n) is 1.27. The highest BCUT2D eigenvalue weighted by molar-refractivity contribution is 9.10. The zero-order valence-electron chi connectivity index (χ0n) is 8.13. The van der Waals surface area contributed by atoms with Gasteiger partial charge in [0, 0.05) is 14.9 Å². The zero-order chi connectivity index (χ0) is 10.8. The van der Waals surface area contributed by atoms with Crippen LogP contribution in [0.15, 0.2) is 28.7 Å². The number of aromatic nitrogens is 1. The van der Waals surface area contributed by atoms with Gasteiger partial charge in [0.1, 0.15) is 5.01 Å². The van der Waals surface area contributed by atoms with Crippen molar-refractivity contribution in [2.75, 3.05) is 0 Å². The summed E-state index contributed by atoms with van der Waals surface area (Å²) >= 11 is 10.9. The molecule has 0 fully saturated rings. The van der Waals surface area contributed by atoms with Crippen molar-refractivity contribution in [1.82, 2.24) is 4.98 Å². The summed E-state index contributed by atoms with van der Waals surface area (Å²) in [5, 5.41) is 1.04. The summed E-state index contributed by atoms with van der Waals surface area (Å²) in [6.45, 7) is 2.00. The Balaban J connectivity index is 2.41. The highest BCUT2D eigenvalue weighted by atomic mass is 79.9. The molecule has 0 atom stereocenters. The van der Waals surface area contributed by atoms with E-state index in [1.807, 2.05) is 19.1 Å². The SMILES string of the molecule is Cc1nc(-c2ccc(Br)cc2)sc1CCl. The Morgan fingerprint density at radius 1 is 1.33 bits per heavy atom. The Bertz CT molecular complexity index is 464. The number of aryl methyl sites for hydroxylation is 1. The first-order valence-corrected chi connectivity index (χ1v) is 6.63. The summed E-state index contributed by atoms with van der Waals surface area (Å²) in [4.78, 5) is 5.65. The number of alkyl halides is 1. The standard InChI is InChI=1S/C11H9BrClNS/c1-7-10(6-13)15-11(14-7)8-2-4-9(12)5-3-8/h2-5H,6H2,1H3. The monoisotopic (exact) mass is 301 g/mol. The van der Waals surface area contributed by atoms with Crippen LogP contribution in [-0.4, -0.2) is 4.98 Å². The third-order valence-corrected chi connectivity index (χ3v) is 4.27. The minimum Gasteiger partial charge on any atom is -0.241 e. The minimum absolute atomic E-state index is 0.542. The maximum atomic E-state index is 5.82. The lowest BCUT2D eigenvalue weighted by atomic mass is 10.2. The van der Waals surface area contributed by atoms with Crippen LogP contribution in [0.25, 0.3) is 10.6 Å². The molecule has 4 heteroatoms. The summed E-state index contributed by atoms with van der Waals surface area (Å²) in [6, 6.07) is 8.15. The summed E-state index contributed by atoms with van der Waals surface area (Å²) in [7, 11) is 0. The maximum absolute atomic E-state index is 5.82. The van der Waals surface area contributed by atoms with E-state index in [2.05, 4.69) is 33.0 Å². The van der Waals surface area contributed by atoms with Gasteiger partial charge >= 0.3 is 0 Å². The number of nitrogens with zero attached hydrogens (tertiary/aromatic N) is 1. The van der Waals surface area contributed by atoms with Crippen LogP contribution in [0.4, 0.5) is 0 Å². The number of thiazole rings is 1. The molecule has 0 aliphatic carbocycles. The highest BCUT2D eigenvalue weighted by Gasteiger charge is 2.07. The molecule has 2 rings (SSSR count). The second-order valence-corrected chi connectivity index (χ2v) is 5.43. The zero-order valence-corrected chi connectivity index (χ0v) is 11.3. The molecule has 0 saturated carbocycles. The van der Waals surface area contributed by atoms with E-state index in [1.54, 1.807) is 11.3 Å². The van der Waals surface area contributed by atoms with Crippen LogP contribution in [0, 0.1) is 6.92 Å². The molecule has 0 amide bonds. The molecule has 2 aromatic rings. The van der Waals surface area contributed by atoms with E-state index in [1.165, 1.54) is 0 Å². The fourth-order valence-corrected chi connectivity index (χ4v) is 2.81. The Labute approximate surface area is 106 Å². The van der Waals surface area contributed by atoms with Crippen molar-refractivity contribution in [2.45, 2.75) is 12.8 Å². The van der Waals surface area contributed by atoms with Gasteiger partial charge < -0.3 is 0 Å². The van der Waals surface area contributed by atoms with Crippen LogP contribution < -0.4 is 0 Å². The average molecular weight is 303 g/mol. The van der Waals surface area contributed by atoms with Crippen molar-refractivity contribution in [1.29, 1.82) is 0 Å². The third-order valence-electron chi connectivity index (χ3n) is 2.11. The topological polar surface area (TPSA) is 12.9 Å². The van der Waals surface area contributed by atoms with Crippen molar-refractivity contribution in [3.05, 3.63) is 39.3 Å². The molecule has 1 aromatic heterocycles. The number of halogens is 2. The van der Waals surface area contributed by atoms with Gasteiger partial charge in [0.25, 0.3) is 0 Å². The van der Waals surface area contributed by atoms with Crippen molar-refractivity contribution in [2.24, 2.45) is 0 Å². The molecule has 0 spiro atoms. The van der Waals surface area contributed by atoms with Crippen LogP contribution >= 0.6 is 38.9 Å². The summed E-state index contributed by atoms with van der Waals surface area (Å²) in [5.74, 6) is 0.542. The molecule has 0 aliphatic heterocycles. The molecule has 1 aromatic carbocycles. The first-order valence-electron chi connectivity index (χ1n) is 4.49. The van der Waals surface area contributed by atoms with Gasteiger partial charge in [-0.15, -0.1) is 22.9 Å². The normalized spacial score (nSPS) is 10.6. The van der Waals surface area contributed by atoms with Crippen LogP contribution in [0.1, 0.15) is 10.6 Å². The number of hydrogen-bond donors (Lipinski definition) is 0. The van der Waals surface area contributed by atoms with E-state index in [0.29, 0.717) is 5.88 Å². The van der Waals surface area contributed by atoms with E-state index in [4.69, 9.17) is 11.6 Å². The molecule has 15 heavy (non-hydrogen) atoms. The van der Waals surface area contributed by atoms with Gasteiger partial charge in [-0.25, -0.2) is 4.98 Å². The molecule has 0 unspecified atom stereocenters. The second kappa shape index (κ2) is 4.64. The number of rotatable bonds is 2. The second-order valence-electron chi connectivity index (χ2n) is 3.17. The van der Waals surface area contributed by atoms with Gasteiger partial charge in [-0.05, 0) is 19.1 Å². The third kappa shape index (κ3) is 2.41. The van der Waals surface area contributed by atoms with Crippen LogP contribution in [0.3, 0.4) is 0 Å². The average Bonchev–Trinajstić information content (AvgIpc) is 2.61. The molecule has 1 heterocycles. The van der Waals surface area contributed by atoms with Gasteiger partial charge in [-0.2, -0.15) is 0 Å². The largest absolute Gasteiger partial charge is 0.241 e. The number of hydrogen-bond acceptors (Lipinski definition) is 2. The van der Waals surface area contributed by atoms with Crippen molar-refractivity contribution in [3.8, 4) is 10.6 Å². The Kier molecular flexibility index (Phi) is 3.44. The molecule has 0 saturated heterocycles. The molecular formula is C11H9BrClNS. The number of benzene rings is 1. The van der Waals surface area contributed by atoms with Crippen molar-refractivity contribution in [3.63, 3.8) is 0 Å². The maximum Gasteiger partial charge on any atom is 0.123 e. The predicted octanol–water partition coefficient (Wildman–Crippen LogP) is 4.62. The molecule has 0 N–H and O–H groups in total. The van der Waals surface area contributed by atoms with E-state index in [0.717, 1.165) is 25.6 Å². The van der Waals surface area contributed by atoms with Gasteiger partial charge in [0.15, 0.2) is 0 Å². The molecule has 0 aliphatic rings. The van der Waals surface area contributed by atoms with Crippen LogP contribution in [-0.2, 0) is 5.88 Å². The smallest absolute Gasteiger partial charge is 0.123 e. The van der Waals surface area contributed by atoms with E-state index >= 15 is 0 Å². The van der Waals surface area contributed by atoms with Crippen LogP contribution in [0.2, 0.25) is 0 Å². The molecule has 1 nitrogen and oxygen atoms in total. The molecular weight excluding hydrogens is 294 g/mol. The van der Waals surface area contributed by atoms with Gasteiger partial charge in [0.05, 0.1) is 11.6 Å². The minimum atomic E-state index is 0.542. The lowest BCUT2D eigenvalue weighted by Crippen LogP contribution is -1.77. The Hall–Kier alpha value is -0.380. The summed E-state index contributed by atoms with van der Waals surface area (Å²) < 4.78 is 1.08. The Morgan fingerprint density at radius 3 is 2.53 bits per heavy atom. The van der Waals surface area contributed by atoms with E-state index in [9.17, 15) is 0 Å². The molecule has 78 valence electrons. The van der Waals surface area contributed by atoms with Crippen molar-refractivity contribution >= 4 is 38.9 Å². The van der Waals surface area contributed by atoms with E-state index < -0.39 is 0 Å². The lowest BCUT2D eigenvalue weighted by molar-refractivity contribution is 1.22. The van der Waals surface area contributed by atoms with Gasteiger partial charge in [-0.1, -0.05) is 28.1 Å². The van der Waals surface area contributed by atoms with Crippen LogP contribution in [0.5, 0.6) is 0 Å². The highest BCUT2D eigenvalue weighted by Crippen LogP contribution is 2.29. The van der Waals surface area contributed by atoms with Gasteiger partial charge in [-0.3, -0.25) is 0 Å². The van der Waals surface area contributed by atoms with Crippen molar-refractivity contribution < 1.29 is 0 Å². The predicted molar refractivity (Wildman–Crippen MR) is 69.5 cm³/mol.